The fourth-order valence-electron chi connectivity index (χ4n) is 1.42. The molecule has 0 saturated heterocycles. The zero-order valence-corrected chi connectivity index (χ0v) is 9.97. The number of aliphatic hydroxyl groups excluding tert-OH is 1. The maximum Gasteiger partial charge on any atom is 0.361 e. The van der Waals surface area contributed by atoms with E-state index in [1.807, 2.05) is 0 Å². The molecule has 1 aromatic heterocycles. The fraction of sp³-hybridized carbons (Fsp3) is 0.700. The number of ether oxygens (including phenoxy) is 1. The van der Waals surface area contributed by atoms with Crippen LogP contribution in [0.5, 0.6) is 0 Å². The second-order valence-electron chi connectivity index (χ2n) is 3.50. The molecule has 0 aliphatic carbocycles. The number of alkyl halides is 2. The van der Waals surface area contributed by atoms with Crippen molar-refractivity contribution in [3.63, 3.8) is 0 Å². The Morgan fingerprint density at radius 3 is 2.78 bits per heavy atom. The highest BCUT2D eigenvalue weighted by Gasteiger charge is 2.27. The number of aryl methyl sites for hydroxylation is 1. The van der Waals surface area contributed by atoms with Crippen LogP contribution in [0.4, 0.5) is 8.78 Å². The lowest BCUT2D eigenvalue weighted by atomic mass is 10.3. The zero-order chi connectivity index (χ0) is 13.5. The fourth-order valence-corrected chi connectivity index (χ4v) is 1.42. The minimum absolute atomic E-state index is 0.0244. The van der Waals surface area contributed by atoms with Crippen LogP contribution in [0.25, 0.3) is 0 Å². The van der Waals surface area contributed by atoms with E-state index in [4.69, 9.17) is 5.11 Å². The van der Waals surface area contributed by atoms with Gasteiger partial charge in [-0.3, -0.25) is 0 Å². The number of aromatic nitrogens is 3. The smallest absolute Gasteiger partial charge is 0.361 e. The predicted molar refractivity (Wildman–Crippen MR) is 57.3 cm³/mol. The summed E-state index contributed by atoms with van der Waals surface area (Å²) >= 11 is 0. The van der Waals surface area contributed by atoms with Crippen LogP contribution in [0.15, 0.2) is 0 Å². The van der Waals surface area contributed by atoms with Gasteiger partial charge in [-0.05, 0) is 19.8 Å². The summed E-state index contributed by atoms with van der Waals surface area (Å²) in [6, 6.07) is 0. The summed E-state index contributed by atoms with van der Waals surface area (Å²) in [5.74, 6) is -0.902. The quantitative estimate of drug-likeness (QED) is 0.590. The average Bonchev–Trinajstić information content (AvgIpc) is 2.74. The Morgan fingerprint density at radius 1 is 1.50 bits per heavy atom. The van der Waals surface area contributed by atoms with Gasteiger partial charge < -0.3 is 9.84 Å². The summed E-state index contributed by atoms with van der Waals surface area (Å²) < 4.78 is 31.4. The first-order valence-corrected chi connectivity index (χ1v) is 5.61. The van der Waals surface area contributed by atoms with Gasteiger partial charge >= 0.3 is 5.97 Å². The molecule has 0 fully saturated rings. The lowest BCUT2D eigenvalue weighted by molar-refractivity contribution is 0.0506. The molecule has 0 bridgehead atoms. The van der Waals surface area contributed by atoms with E-state index in [1.54, 1.807) is 6.92 Å². The summed E-state index contributed by atoms with van der Waals surface area (Å²) in [6.07, 6.45) is -1.91. The third-order valence-corrected chi connectivity index (χ3v) is 2.23. The van der Waals surface area contributed by atoms with Gasteiger partial charge in [-0.2, -0.15) is 0 Å². The molecule has 0 atom stereocenters. The minimum Gasteiger partial charge on any atom is -0.461 e. The van der Waals surface area contributed by atoms with Gasteiger partial charge in [-0.15, -0.1) is 5.10 Å². The molecule has 0 radical (unpaired) electrons. The van der Waals surface area contributed by atoms with Gasteiger partial charge in [0.05, 0.1) is 6.61 Å². The SMILES string of the molecule is CCOC(=O)c1nnn(CCCCO)c1C(F)F. The summed E-state index contributed by atoms with van der Waals surface area (Å²) in [5, 5.41) is 15.6. The molecular weight excluding hydrogens is 248 g/mol. The summed E-state index contributed by atoms with van der Waals surface area (Å²) in [7, 11) is 0. The Morgan fingerprint density at radius 2 is 2.22 bits per heavy atom. The highest BCUT2D eigenvalue weighted by molar-refractivity contribution is 5.88. The van der Waals surface area contributed by atoms with Crippen LogP contribution in [-0.2, 0) is 11.3 Å². The largest absolute Gasteiger partial charge is 0.461 e. The Hall–Kier alpha value is -1.57. The molecule has 0 aliphatic heterocycles. The van der Waals surface area contributed by atoms with Gasteiger partial charge in [0.15, 0.2) is 5.69 Å². The van der Waals surface area contributed by atoms with Crippen molar-refractivity contribution < 1.29 is 23.4 Å². The Bertz CT molecular complexity index is 396. The summed E-state index contributed by atoms with van der Waals surface area (Å²) in [6.45, 7) is 1.81. The van der Waals surface area contributed by atoms with Crippen LogP contribution in [0, 0.1) is 0 Å². The Kier molecular flexibility index (Phi) is 5.63. The average molecular weight is 263 g/mol. The molecule has 0 saturated carbocycles. The van der Waals surface area contributed by atoms with Crippen molar-refractivity contribution in [1.29, 1.82) is 0 Å². The van der Waals surface area contributed by atoms with Crippen LogP contribution in [-0.4, -0.2) is 39.3 Å². The van der Waals surface area contributed by atoms with Crippen LogP contribution in [0.1, 0.15) is 42.4 Å². The van der Waals surface area contributed by atoms with E-state index in [1.165, 1.54) is 0 Å². The predicted octanol–water partition coefficient (Wildman–Crippen LogP) is 1.16. The van der Waals surface area contributed by atoms with Gasteiger partial charge in [-0.1, -0.05) is 5.21 Å². The number of hydrogen-bond donors (Lipinski definition) is 1. The van der Waals surface area contributed by atoms with Crippen molar-refractivity contribution in [2.75, 3.05) is 13.2 Å². The third-order valence-electron chi connectivity index (χ3n) is 2.23. The first kappa shape index (κ1) is 14.5. The highest BCUT2D eigenvalue weighted by Crippen LogP contribution is 2.22. The molecule has 102 valence electrons. The van der Waals surface area contributed by atoms with E-state index in [-0.39, 0.29) is 19.8 Å². The van der Waals surface area contributed by atoms with E-state index in [9.17, 15) is 13.6 Å². The van der Waals surface area contributed by atoms with Crippen molar-refractivity contribution in [2.45, 2.75) is 32.7 Å². The van der Waals surface area contributed by atoms with Gasteiger partial charge in [0.2, 0.25) is 0 Å². The molecule has 0 amide bonds. The van der Waals surface area contributed by atoms with E-state index in [0.717, 1.165) is 4.68 Å². The molecule has 1 rings (SSSR count). The molecule has 6 nitrogen and oxygen atoms in total. The lowest BCUT2D eigenvalue weighted by Crippen LogP contribution is -2.12. The molecule has 0 unspecified atom stereocenters. The number of aliphatic hydroxyl groups is 1. The van der Waals surface area contributed by atoms with Crippen molar-refractivity contribution >= 4 is 5.97 Å². The third kappa shape index (κ3) is 3.46. The second kappa shape index (κ2) is 7.00. The van der Waals surface area contributed by atoms with Crippen molar-refractivity contribution in [1.82, 2.24) is 15.0 Å². The maximum atomic E-state index is 12.9. The molecule has 8 heteroatoms. The molecule has 1 aromatic rings. The number of carbonyl (C=O) groups is 1. The van der Waals surface area contributed by atoms with E-state index >= 15 is 0 Å². The number of halogens is 2. The standard InChI is InChI=1S/C10H15F2N3O3/c1-2-18-10(17)7-8(9(11)12)15(14-13-7)5-3-4-6-16/h9,16H,2-6H2,1H3. The lowest BCUT2D eigenvalue weighted by Gasteiger charge is -2.06. The number of carbonyl (C=O) groups excluding carboxylic acids is 1. The van der Waals surface area contributed by atoms with Gasteiger partial charge in [-0.25, -0.2) is 18.3 Å². The van der Waals surface area contributed by atoms with Crippen LogP contribution < -0.4 is 0 Å². The van der Waals surface area contributed by atoms with Crippen molar-refractivity contribution in [3.05, 3.63) is 11.4 Å². The normalized spacial score (nSPS) is 10.9. The van der Waals surface area contributed by atoms with E-state index in [0.29, 0.717) is 12.8 Å². The molecule has 0 aliphatic rings. The summed E-state index contributed by atoms with van der Waals surface area (Å²) in [5.41, 5.74) is -0.984. The number of esters is 1. The Balaban J connectivity index is 2.88. The zero-order valence-electron chi connectivity index (χ0n) is 9.97. The molecule has 1 heterocycles. The van der Waals surface area contributed by atoms with Gasteiger partial charge in [0.25, 0.3) is 6.43 Å². The van der Waals surface area contributed by atoms with Crippen LogP contribution >= 0.6 is 0 Å². The minimum atomic E-state index is -2.85. The number of hydrogen-bond acceptors (Lipinski definition) is 5. The first-order chi connectivity index (χ1) is 8.61. The highest BCUT2D eigenvalue weighted by atomic mass is 19.3. The van der Waals surface area contributed by atoms with Crippen LogP contribution in [0.2, 0.25) is 0 Å². The van der Waals surface area contributed by atoms with E-state index in [2.05, 4.69) is 15.0 Å². The first-order valence-electron chi connectivity index (χ1n) is 5.61. The molecule has 0 spiro atoms. The number of rotatable bonds is 7. The van der Waals surface area contributed by atoms with Crippen LogP contribution in [0.3, 0.4) is 0 Å². The number of unbranched alkanes of at least 4 members (excludes halogenated alkanes) is 1. The van der Waals surface area contributed by atoms with Crippen molar-refractivity contribution in [2.24, 2.45) is 0 Å². The summed E-state index contributed by atoms with van der Waals surface area (Å²) in [4.78, 5) is 11.4. The maximum absolute atomic E-state index is 12.9. The molecule has 18 heavy (non-hydrogen) atoms. The van der Waals surface area contributed by atoms with Gasteiger partial charge in [0, 0.05) is 13.2 Å². The second-order valence-corrected chi connectivity index (χ2v) is 3.50. The monoisotopic (exact) mass is 263 g/mol. The van der Waals surface area contributed by atoms with Gasteiger partial charge in [0.1, 0.15) is 5.69 Å². The molecule has 1 N–H and O–H groups in total. The number of nitrogens with zero attached hydrogens (tertiary/aromatic N) is 3. The molecular formula is C10H15F2N3O3. The van der Waals surface area contributed by atoms with E-state index < -0.39 is 23.8 Å². The Labute approximate surface area is 103 Å². The topological polar surface area (TPSA) is 77.2 Å². The van der Waals surface area contributed by atoms with Crippen molar-refractivity contribution in [3.8, 4) is 0 Å². The molecule has 0 aromatic carbocycles.